The van der Waals surface area contributed by atoms with Crippen molar-refractivity contribution in [2.75, 3.05) is 26.9 Å². The van der Waals surface area contributed by atoms with E-state index in [1.165, 1.54) is 0 Å². The van der Waals surface area contributed by atoms with Gasteiger partial charge < -0.3 is 19.8 Å². The molecule has 0 unspecified atom stereocenters. The third-order valence-corrected chi connectivity index (χ3v) is 3.34. The summed E-state index contributed by atoms with van der Waals surface area (Å²) < 4.78 is 12.0. The second-order valence-corrected chi connectivity index (χ2v) is 5.00. The molecule has 2 N–H and O–H groups in total. The maximum absolute atomic E-state index is 12.0. The van der Waals surface area contributed by atoms with Crippen molar-refractivity contribution in [2.24, 2.45) is 5.73 Å². The molecule has 0 aliphatic rings. The summed E-state index contributed by atoms with van der Waals surface area (Å²) in [6.07, 6.45) is 5.66. The first-order valence-corrected chi connectivity index (χ1v) is 7.53. The Kier molecular flexibility index (Phi) is 6.59. The van der Waals surface area contributed by atoms with E-state index in [0.29, 0.717) is 26.3 Å². The summed E-state index contributed by atoms with van der Waals surface area (Å²) >= 11 is 0. The van der Waals surface area contributed by atoms with Crippen LogP contribution in [0.1, 0.15) is 11.1 Å². The lowest BCUT2D eigenvalue weighted by atomic mass is 10.1. The van der Waals surface area contributed by atoms with Gasteiger partial charge in [-0.3, -0.25) is 4.79 Å². The van der Waals surface area contributed by atoms with Gasteiger partial charge in [-0.25, -0.2) is 0 Å². The van der Waals surface area contributed by atoms with Crippen LogP contribution in [0.2, 0.25) is 0 Å². The third kappa shape index (κ3) is 5.39. The van der Waals surface area contributed by atoms with Gasteiger partial charge in [-0.15, -0.1) is 0 Å². The minimum absolute atomic E-state index is 0.0433. The zero-order valence-corrected chi connectivity index (χ0v) is 13.3. The molecule has 1 aromatic carbocycles. The molecule has 5 nitrogen and oxygen atoms in total. The molecular weight excluding hydrogens is 292 g/mol. The van der Waals surface area contributed by atoms with Gasteiger partial charge in [0, 0.05) is 25.4 Å². The van der Waals surface area contributed by atoms with Crippen molar-refractivity contribution in [3.05, 3.63) is 64.1 Å². The number of nitrogens with two attached hydrogens (primary N) is 1. The maximum atomic E-state index is 12.0. The lowest BCUT2D eigenvalue weighted by molar-refractivity contribution is 0.132. The fourth-order valence-corrected chi connectivity index (χ4v) is 2.07. The molecule has 1 heterocycles. The standard InChI is InChI=1S/C18H22N2O3/c1-22-17-6-4-15(5-7-17)2-3-16-8-10-20(18(21)14-16)11-13-23-12-9-19/h2-8,10,14H,9,11-13,19H2,1H3/b3-2+. The summed E-state index contributed by atoms with van der Waals surface area (Å²) in [5, 5.41) is 0. The van der Waals surface area contributed by atoms with Gasteiger partial charge in [0.05, 0.1) is 20.3 Å². The predicted molar refractivity (Wildman–Crippen MR) is 92.5 cm³/mol. The number of ether oxygens (including phenoxy) is 2. The van der Waals surface area contributed by atoms with Gasteiger partial charge in [0.25, 0.3) is 5.56 Å². The topological polar surface area (TPSA) is 66.5 Å². The Labute approximate surface area is 136 Å². The fourth-order valence-electron chi connectivity index (χ4n) is 2.07. The first-order valence-electron chi connectivity index (χ1n) is 7.53. The highest BCUT2D eigenvalue weighted by atomic mass is 16.5. The first-order chi connectivity index (χ1) is 11.2. The van der Waals surface area contributed by atoms with Crippen molar-refractivity contribution in [1.29, 1.82) is 0 Å². The lowest BCUT2D eigenvalue weighted by Gasteiger charge is -2.06. The molecule has 0 spiro atoms. The Morgan fingerprint density at radius 3 is 2.48 bits per heavy atom. The Bertz CT molecular complexity index is 690. The van der Waals surface area contributed by atoms with Crippen molar-refractivity contribution in [3.8, 4) is 5.75 Å². The smallest absolute Gasteiger partial charge is 0.251 e. The Morgan fingerprint density at radius 2 is 1.83 bits per heavy atom. The van der Waals surface area contributed by atoms with Crippen molar-refractivity contribution in [2.45, 2.75) is 6.54 Å². The van der Waals surface area contributed by atoms with Crippen LogP contribution in [0.3, 0.4) is 0 Å². The number of benzene rings is 1. The summed E-state index contributed by atoms with van der Waals surface area (Å²) in [6.45, 7) is 2.01. The maximum Gasteiger partial charge on any atom is 0.251 e. The summed E-state index contributed by atoms with van der Waals surface area (Å²) in [6, 6.07) is 11.3. The number of nitrogens with zero attached hydrogens (tertiary/aromatic N) is 1. The molecule has 2 rings (SSSR count). The zero-order chi connectivity index (χ0) is 16.5. The summed E-state index contributed by atoms with van der Waals surface area (Å²) in [4.78, 5) is 12.0. The molecule has 122 valence electrons. The van der Waals surface area contributed by atoms with Gasteiger partial charge in [0.1, 0.15) is 5.75 Å². The van der Waals surface area contributed by atoms with E-state index in [4.69, 9.17) is 15.2 Å². The lowest BCUT2D eigenvalue weighted by Crippen LogP contribution is -2.22. The van der Waals surface area contributed by atoms with Crippen LogP contribution in [-0.2, 0) is 11.3 Å². The predicted octanol–water partition coefficient (Wildman–Crippen LogP) is 2.00. The number of aromatic nitrogens is 1. The zero-order valence-electron chi connectivity index (χ0n) is 13.3. The molecule has 0 amide bonds. The largest absolute Gasteiger partial charge is 0.497 e. The molecule has 0 radical (unpaired) electrons. The monoisotopic (exact) mass is 314 g/mol. The highest BCUT2D eigenvalue weighted by molar-refractivity contribution is 5.69. The minimum Gasteiger partial charge on any atom is -0.497 e. The van der Waals surface area contributed by atoms with Crippen LogP contribution in [0.4, 0.5) is 0 Å². The molecule has 23 heavy (non-hydrogen) atoms. The number of rotatable bonds is 8. The summed E-state index contributed by atoms with van der Waals surface area (Å²) in [5.41, 5.74) is 7.22. The van der Waals surface area contributed by atoms with Crippen LogP contribution in [0, 0.1) is 0 Å². The van der Waals surface area contributed by atoms with E-state index in [1.807, 2.05) is 42.5 Å². The molecule has 0 atom stereocenters. The van der Waals surface area contributed by atoms with Crippen molar-refractivity contribution in [3.63, 3.8) is 0 Å². The SMILES string of the molecule is COc1ccc(/C=C/c2ccn(CCOCCN)c(=O)c2)cc1. The van der Waals surface area contributed by atoms with Gasteiger partial charge >= 0.3 is 0 Å². The molecule has 2 aromatic rings. The molecule has 0 bridgehead atoms. The Balaban J connectivity index is 1.99. The van der Waals surface area contributed by atoms with Gasteiger partial charge in [0.15, 0.2) is 0 Å². The Hall–Kier alpha value is -2.37. The van der Waals surface area contributed by atoms with Crippen LogP contribution >= 0.6 is 0 Å². The molecule has 0 saturated heterocycles. The fraction of sp³-hybridized carbons (Fsp3) is 0.278. The number of pyridine rings is 1. The minimum atomic E-state index is -0.0433. The van der Waals surface area contributed by atoms with E-state index in [-0.39, 0.29) is 5.56 Å². The van der Waals surface area contributed by atoms with Crippen LogP contribution in [0.15, 0.2) is 47.4 Å². The van der Waals surface area contributed by atoms with Crippen LogP contribution in [-0.4, -0.2) is 31.4 Å². The normalized spacial score (nSPS) is 11.0. The Morgan fingerprint density at radius 1 is 1.09 bits per heavy atom. The van der Waals surface area contributed by atoms with Crippen LogP contribution in [0.25, 0.3) is 12.2 Å². The van der Waals surface area contributed by atoms with E-state index in [0.717, 1.165) is 16.9 Å². The van der Waals surface area contributed by atoms with E-state index < -0.39 is 0 Å². The average Bonchev–Trinajstić information content (AvgIpc) is 2.59. The molecule has 5 heteroatoms. The highest BCUT2D eigenvalue weighted by Crippen LogP contribution is 2.13. The quantitative estimate of drug-likeness (QED) is 0.757. The van der Waals surface area contributed by atoms with Crippen molar-refractivity contribution < 1.29 is 9.47 Å². The summed E-state index contributed by atoms with van der Waals surface area (Å²) in [5.74, 6) is 0.821. The van der Waals surface area contributed by atoms with Crippen LogP contribution in [0.5, 0.6) is 5.75 Å². The first kappa shape index (κ1) is 17.0. The molecule has 0 saturated carbocycles. The average molecular weight is 314 g/mol. The van der Waals surface area contributed by atoms with Gasteiger partial charge in [-0.1, -0.05) is 24.3 Å². The van der Waals surface area contributed by atoms with E-state index in [2.05, 4.69) is 0 Å². The van der Waals surface area contributed by atoms with Gasteiger partial charge in [-0.2, -0.15) is 0 Å². The number of hydrogen-bond donors (Lipinski definition) is 1. The molecule has 0 aliphatic carbocycles. The second-order valence-electron chi connectivity index (χ2n) is 5.00. The number of methoxy groups -OCH3 is 1. The molecular formula is C18H22N2O3. The number of hydrogen-bond acceptors (Lipinski definition) is 4. The van der Waals surface area contributed by atoms with E-state index in [1.54, 1.807) is 23.9 Å². The molecule has 0 fully saturated rings. The van der Waals surface area contributed by atoms with Gasteiger partial charge in [0.2, 0.25) is 0 Å². The van der Waals surface area contributed by atoms with Crippen molar-refractivity contribution >= 4 is 12.2 Å². The van der Waals surface area contributed by atoms with E-state index >= 15 is 0 Å². The van der Waals surface area contributed by atoms with Crippen LogP contribution < -0.4 is 16.0 Å². The van der Waals surface area contributed by atoms with E-state index in [9.17, 15) is 4.79 Å². The second kappa shape index (κ2) is 8.92. The third-order valence-electron chi connectivity index (χ3n) is 3.34. The summed E-state index contributed by atoms with van der Waals surface area (Å²) in [7, 11) is 1.64. The van der Waals surface area contributed by atoms with Crippen molar-refractivity contribution in [1.82, 2.24) is 4.57 Å². The highest BCUT2D eigenvalue weighted by Gasteiger charge is 1.97. The molecule has 1 aromatic heterocycles. The van der Waals surface area contributed by atoms with Gasteiger partial charge in [-0.05, 0) is 29.3 Å². The molecule has 0 aliphatic heterocycles.